The van der Waals surface area contributed by atoms with Crippen LogP contribution in [-0.4, -0.2) is 39.4 Å². The van der Waals surface area contributed by atoms with Gasteiger partial charge in [-0.1, -0.05) is 61.2 Å². The highest BCUT2D eigenvalue weighted by Gasteiger charge is 2.61. The minimum Gasteiger partial charge on any atom is -0.476 e. The highest BCUT2D eigenvalue weighted by atomic mass is 28.4. The molecule has 3 atom stereocenters. The number of rotatable bonds is 6. The standard InChI is InChI=1S/C20H41NO3Si2/c1-14(2)23-18-16(15(3)24-26(12,13)20(7,8)9)17(22)21(18)25(10,11)19(4,5)6/h15-16,18H,1H2,2-13H3/t15-,16+,18-/m1/s1. The number of amides is 1. The molecule has 0 aromatic rings. The van der Waals surface area contributed by atoms with Crippen molar-refractivity contribution in [3.05, 3.63) is 12.3 Å². The van der Waals surface area contributed by atoms with Gasteiger partial charge in [0.05, 0.1) is 11.9 Å². The summed E-state index contributed by atoms with van der Waals surface area (Å²) < 4.78 is 14.6. The van der Waals surface area contributed by atoms with Crippen LogP contribution in [0.2, 0.25) is 36.3 Å². The van der Waals surface area contributed by atoms with Gasteiger partial charge in [-0.2, -0.15) is 0 Å². The number of ether oxygens (including phenoxy) is 1. The Kier molecular flexibility index (Phi) is 6.40. The van der Waals surface area contributed by atoms with Gasteiger partial charge >= 0.3 is 0 Å². The summed E-state index contributed by atoms with van der Waals surface area (Å²) in [5.41, 5.74) is 0. The molecule has 1 amide bonds. The molecule has 0 saturated carbocycles. The molecule has 1 saturated heterocycles. The van der Waals surface area contributed by atoms with Gasteiger partial charge in [-0.3, -0.25) is 4.79 Å². The second-order valence-corrected chi connectivity index (χ2v) is 20.7. The molecule has 26 heavy (non-hydrogen) atoms. The van der Waals surface area contributed by atoms with Crippen LogP contribution >= 0.6 is 0 Å². The number of carbonyl (C=O) groups is 1. The van der Waals surface area contributed by atoms with E-state index in [2.05, 4.69) is 74.3 Å². The Labute approximate surface area is 163 Å². The van der Waals surface area contributed by atoms with Gasteiger partial charge in [-0.05, 0) is 37.0 Å². The summed E-state index contributed by atoms with van der Waals surface area (Å²) >= 11 is 0. The molecule has 0 aromatic carbocycles. The zero-order valence-electron chi connectivity index (χ0n) is 19.1. The van der Waals surface area contributed by atoms with Crippen LogP contribution in [0.15, 0.2) is 12.3 Å². The van der Waals surface area contributed by atoms with Crippen molar-refractivity contribution in [3.63, 3.8) is 0 Å². The van der Waals surface area contributed by atoms with Crippen LogP contribution in [0.4, 0.5) is 0 Å². The van der Waals surface area contributed by atoms with Crippen molar-refractivity contribution in [2.24, 2.45) is 5.92 Å². The van der Waals surface area contributed by atoms with Crippen LogP contribution < -0.4 is 0 Å². The molecule has 0 bridgehead atoms. The zero-order valence-corrected chi connectivity index (χ0v) is 21.1. The average molecular weight is 400 g/mol. The van der Waals surface area contributed by atoms with Gasteiger partial charge in [0.1, 0.15) is 5.92 Å². The fraction of sp³-hybridized carbons (Fsp3) is 0.850. The molecule has 0 N–H and O–H groups in total. The molecule has 4 nitrogen and oxygen atoms in total. The third-order valence-electron chi connectivity index (χ3n) is 6.64. The molecule has 1 aliphatic heterocycles. The molecular formula is C20H41NO3Si2. The Bertz CT molecular complexity index is 558. The van der Waals surface area contributed by atoms with Gasteiger partial charge in [0, 0.05) is 0 Å². The van der Waals surface area contributed by atoms with Crippen molar-refractivity contribution in [1.29, 1.82) is 0 Å². The number of hydrogen-bond acceptors (Lipinski definition) is 3. The first-order valence-corrected chi connectivity index (χ1v) is 15.5. The second-order valence-electron chi connectivity index (χ2n) is 10.8. The van der Waals surface area contributed by atoms with Crippen LogP contribution in [0.5, 0.6) is 0 Å². The van der Waals surface area contributed by atoms with E-state index in [4.69, 9.17) is 9.16 Å². The molecule has 0 unspecified atom stereocenters. The monoisotopic (exact) mass is 399 g/mol. The first kappa shape index (κ1) is 23.4. The summed E-state index contributed by atoms with van der Waals surface area (Å²) in [6.45, 7) is 30.0. The first-order valence-electron chi connectivity index (χ1n) is 9.68. The molecule has 1 heterocycles. The van der Waals surface area contributed by atoms with Crippen molar-refractivity contribution < 1.29 is 14.0 Å². The molecule has 0 radical (unpaired) electrons. The normalized spacial score (nSPS) is 23.5. The van der Waals surface area contributed by atoms with E-state index in [1.165, 1.54) is 0 Å². The lowest BCUT2D eigenvalue weighted by atomic mass is 9.93. The van der Waals surface area contributed by atoms with Crippen LogP contribution in [0.1, 0.15) is 55.4 Å². The van der Waals surface area contributed by atoms with Crippen molar-refractivity contribution in [3.8, 4) is 0 Å². The fourth-order valence-corrected chi connectivity index (χ4v) is 6.62. The smallest absolute Gasteiger partial charge is 0.228 e. The Hall–Kier alpha value is -0.596. The number of nitrogens with zero attached hydrogens (tertiary/aromatic N) is 1. The topological polar surface area (TPSA) is 38.8 Å². The van der Waals surface area contributed by atoms with E-state index in [0.717, 1.165) is 0 Å². The minimum atomic E-state index is -2.02. The molecule has 1 rings (SSSR count). The second kappa shape index (κ2) is 7.10. The molecule has 0 spiro atoms. The van der Waals surface area contributed by atoms with E-state index in [9.17, 15) is 4.79 Å². The number of β-lactam (4-membered cyclic amide) rings is 1. The Morgan fingerprint density at radius 1 is 1.08 bits per heavy atom. The summed E-state index contributed by atoms with van der Waals surface area (Å²) in [5, 5.41) is 0.172. The van der Waals surface area contributed by atoms with Gasteiger partial charge in [0.25, 0.3) is 0 Å². The molecule has 1 fully saturated rings. The molecular weight excluding hydrogens is 358 g/mol. The molecule has 6 heteroatoms. The maximum atomic E-state index is 13.2. The third-order valence-corrected chi connectivity index (χ3v) is 16.6. The van der Waals surface area contributed by atoms with Gasteiger partial charge in [0.2, 0.25) is 5.91 Å². The minimum absolute atomic E-state index is 0.0633. The summed E-state index contributed by atoms with van der Waals surface area (Å²) in [5.74, 6) is 0.569. The lowest BCUT2D eigenvalue weighted by Crippen LogP contribution is -2.75. The van der Waals surface area contributed by atoms with Crippen molar-refractivity contribution in [2.75, 3.05) is 0 Å². The summed E-state index contributed by atoms with van der Waals surface area (Å²) in [6.07, 6.45) is -0.422. The van der Waals surface area contributed by atoms with Crippen molar-refractivity contribution in [1.82, 2.24) is 4.57 Å². The van der Waals surface area contributed by atoms with Gasteiger partial charge in [-0.15, -0.1) is 0 Å². The van der Waals surface area contributed by atoms with E-state index >= 15 is 0 Å². The summed E-state index contributed by atoms with van der Waals surface area (Å²) in [4.78, 5) is 13.2. The third kappa shape index (κ3) is 4.28. The quantitative estimate of drug-likeness (QED) is 0.325. The van der Waals surface area contributed by atoms with Gasteiger partial charge in [0.15, 0.2) is 22.8 Å². The number of carbonyl (C=O) groups excluding carboxylic acids is 1. The Morgan fingerprint density at radius 2 is 1.54 bits per heavy atom. The molecule has 0 aromatic heterocycles. The maximum absolute atomic E-state index is 13.2. The SMILES string of the molecule is C=C(C)O[C@@H]1[C@@H]([C@@H](C)O[Si](C)(C)C(C)(C)C)C(=O)N1[Si](C)(C)C(C)(C)C. The Balaban J connectivity index is 3.13. The van der Waals surface area contributed by atoms with Gasteiger partial charge in [-0.25, -0.2) is 0 Å². The van der Waals surface area contributed by atoms with Crippen LogP contribution in [0.25, 0.3) is 0 Å². The predicted molar refractivity (Wildman–Crippen MR) is 115 cm³/mol. The van der Waals surface area contributed by atoms with E-state index in [-0.39, 0.29) is 34.2 Å². The highest BCUT2D eigenvalue weighted by molar-refractivity contribution is 6.80. The van der Waals surface area contributed by atoms with Crippen molar-refractivity contribution in [2.45, 2.75) is 104 Å². The summed E-state index contributed by atoms with van der Waals surface area (Å²) in [7, 11) is -3.98. The zero-order chi connectivity index (χ0) is 20.9. The van der Waals surface area contributed by atoms with E-state index in [1.54, 1.807) is 0 Å². The number of hydrogen-bond donors (Lipinski definition) is 0. The van der Waals surface area contributed by atoms with Crippen molar-refractivity contribution >= 4 is 22.5 Å². The van der Waals surface area contributed by atoms with Crippen LogP contribution in [0, 0.1) is 5.92 Å². The van der Waals surface area contributed by atoms with Crippen LogP contribution in [0.3, 0.4) is 0 Å². The van der Waals surface area contributed by atoms with Gasteiger partial charge < -0.3 is 13.7 Å². The lowest BCUT2D eigenvalue weighted by Gasteiger charge is -2.59. The first-order chi connectivity index (χ1) is 11.3. The molecule has 152 valence electrons. The molecule has 0 aliphatic carbocycles. The van der Waals surface area contributed by atoms with E-state index < -0.39 is 16.6 Å². The maximum Gasteiger partial charge on any atom is 0.228 e. The number of allylic oxidation sites excluding steroid dienone is 1. The lowest BCUT2D eigenvalue weighted by molar-refractivity contribution is -0.181. The molecule has 1 aliphatic rings. The van der Waals surface area contributed by atoms with E-state index in [0.29, 0.717) is 5.76 Å². The largest absolute Gasteiger partial charge is 0.476 e. The van der Waals surface area contributed by atoms with E-state index in [1.807, 2.05) is 18.4 Å². The summed E-state index contributed by atoms with van der Waals surface area (Å²) in [6, 6.07) is 0. The Morgan fingerprint density at radius 3 is 1.88 bits per heavy atom. The highest BCUT2D eigenvalue weighted by Crippen LogP contribution is 2.47. The van der Waals surface area contributed by atoms with Crippen LogP contribution in [-0.2, 0) is 14.0 Å². The fourth-order valence-electron chi connectivity index (χ4n) is 2.92. The predicted octanol–water partition coefficient (Wildman–Crippen LogP) is 5.74. The average Bonchev–Trinajstić information content (AvgIpc) is 2.33.